The Morgan fingerprint density at radius 1 is 0.688 bits per heavy atom. The summed E-state index contributed by atoms with van der Waals surface area (Å²) in [6.45, 7) is 4.80. The molecule has 0 aliphatic carbocycles. The third-order valence-electron chi connectivity index (χ3n) is 5.61. The summed E-state index contributed by atoms with van der Waals surface area (Å²) in [4.78, 5) is 13.6. The molecule has 2 aromatic carbocycles. The molecule has 0 atom stereocenters. The lowest BCUT2D eigenvalue weighted by Crippen LogP contribution is -2.03. The standard InChI is InChI=1S/C28H24N4/c1-19-4-3-5-25(16-19)27-26-23(10-14-30-27)11-15-31-28(26)32-18-21-6-8-22(9-7-21)24-12-13-29-20(2)17-24/h3-17H,18H2,1-2H3,(H,31,32). The smallest absolute Gasteiger partial charge is 0.136 e. The summed E-state index contributed by atoms with van der Waals surface area (Å²) < 4.78 is 0. The molecule has 0 bridgehead atoms. The quantitative estimate of drug-likeness (QED) is 0.351. The molecular formula is C28H24N4. The van der Waals surface area contributed by atoms with Gasteiger partial charge in [-0.05, 0) is 66.3 Å². The van der Waals surface area contributed by atoms with Crippen molar-refractivity contribution in [1.82, 2.24) is 15.0 Å². The first-order chi connectivity index (χ1) is 15.7. The minimum Gasteiger partial charge on any atom is -0.365 e. The molecule has 0 fully saturated rings. The minimum absolute atomic E-state index is 0.684. The van der Waals surface area contributed by atoms with Crippen molar-refractivity contribution in [3.63, 3.8) is 0 Å². The van der Waals surface area contributed by atoms with Gasteiger partial charge >= 0.3 is 0 Å². The van der Waals surface area contributed by atoms with Crippen LogP contribution in [0.15, 0.2) is 91.4 Å². The third kappa shape index (κ3) is 4.08. The van der Waals surface area contributed by atoms with E-state index in [0.29, 0.717) is 6.54 Å². The number of rotatable bonds is 5. The lowest BCUT2D eigenvalue weighted by Gasteiger charge is -2.13. The Bertz CT molecular complexity index is 1390. The molecule has 0 saturated carbocycles. The summed E-state index contributed by atoms with van der Waals surface area (Å²) >= 11 is 0. The Morgan fingerprint density at radius 3 is 2.25 bits per heavy atom. The van der Waals surface area contributed by atoms with Crippen molar-refractivity contribution in [1.29, 1.82) is 0 Å². The first-order valence-corrected chi connectivity index (χ1v) is 10.7. The van der Waals surface area contributed by atoms with Crippen molar-refractivity contribution in [2.75, 3.05) is 5.32 Å². The number of aromatic nitrogens is 3. The molecule has 32 heavy (non-hydrogen) atoms. The Hall–Kier alpha value is -4.05. The van der Waals surface area contributed by atoms with E-state index in [9.17, 15) is 0 Å². The molecule has 5 rings (SSSR count). The van der Waals surface area contributed by atoms with Crippen LogP contribution in [0.2, 0.25) is 0 Å². The Balaban J connectivity index is 1.43. The number of anilines is 1. The monoisotopic (exact) mass is 416 g/mol. The van der Waals surface area contributed by atoms with Crippen LogP contribution < -0.4 is 5.32 Å². The summed E-state index contributed by atoms with van der Waals surface area (Å²) in [6.07, 6.45) is 5.56. The Morgan fingerprint density at radius 2 is 1.47 bits per heavy atom. The van der Waals surface area contributed by atoms with Gasteiger partial charge in [-0.2, -0.15) is 0 Å². The topological polar surface area (TPSA) is 50.7 Å². The zero-order valence-corrected chi connectivity index (χ0v) is 18.2. The number of aryl methyl sites for hydroxylation is 2. The van der Waals surface area contributed by atoms with E-state index < -0.39 is 0 Å². The highest BCUT2D eigenvalue weighted by molar-refractivity contribution is 6.01. The second-order valence-electron chi connectivity index (χ2n) is 8.02. The molecule has 5 aromatic rings. The molecule has 3 heterocycles. The van der Waals surface area contributed by atoms with E-state index in [2.05, 4.69) is 76.8 Å². The molecule has 0 saturated heterocycles. The molecule has 3 aromatic heterocycles. The number of pyridine rings is 3. The SMILES string of the molecule is Cc1cccc(-c2nccc3ccnc(NCc4ccc(-c5ccnc(C)c5)cc4)c23)c1. The molecule has 4 heteroatoms. The largest absolute Gasteiger partial charge is 0.365 e. The summed E-state index contributed by atoms with van der Waals surface area (Å²) in [5, 5.41) is 5.70. The molecule has 1 N–H and O–H groups in total. The van der Waals surface area contributed by atoms with Crippen LogP contribution in [0.3, 0.4) is 0 Å². The number of hydrogen-bond acceptors (Lipinski definition) is 4. The molecular weight excluding hydrogens is 392 g/mol. The summed E-state index contributed by atoms with van der Waals surface area (Å²) in [7, 11) is 0. The van der Waals surface area contributed by atoms with Gasteiger partial charge in [-0.1, -0.05) is 48.0 Å². The predicted octanol–water partition coefficient (Wildman–Crippen LogP) is 6.59. The molecule has 0 aliphatic rings. The first kappa shape index (κ1) is 19.9. The van der Waals surface area contributed by atoms with Gasteiger partial charge in [0.2, 0.25) is 0 Å². The van der Waals surface area contributed by atoms with Crippen molar-refractivity contribution in [3.05, 3.63) is 108 Å². The van der Waals surface area contributed by atoms with Crippen LogP contribution in [-0.2, 0) is 6.54 Å². The number of hydrogen-bond donors (Lipinski definition) is 1. The van der Waals surface area contributed by atoms with E-state index in [-0.39, 0.29) is 0 Å². The highest BCUT2D eigenvalue weighted by Crippen LogP contribution is 2.31. The van der Waals surface area contributed by atoms with E-state index in [1.807, 2.05) is 43.7 Å². The van der Waals surface area contributed by atoms with Crippen LogP contribution in [-0.4, -0.2) is 15.0 Å². The van der Waals surface area contributed by atoms with Gasteiger partial charge in [0.1, 0.15) is 5.82 Å². The van der Waals surface area contributed by atoms with Crippen LogP contribution in [0.5, 0.6) is 0 Å². The van der Waals surface area contributed by atoms with Gasteiger partial charge < -0.3 is 5.32 Å². The number of benzene rings is 2. The third-order valence-corrected chi connectivity index (χ3v) is 5.61. The minimum atomic E-state index is 0.684. The van der Waals surface area contributed by atoms with Gasteiger partial charge in [-0.15, -0.1) is 0 Å². The Labute approximate surface area is 188 Å². The van der Waals surface area contributed by atoms with Gasteiger partial charge in [0.05, 0.1) is 11.1 Å². The zero-order chi connectivity index (χ0) is 21.9. The van der Waals surface area contributed by atoms with Crippen molar-refractivity contribution < 1.29 is 0 Å². The fraction of sp³-hybridized carbons (Fsp3) is 0.107. The fourth-order valence-corrected chi connectivity index (χ4v) is 3.99. The molecule has 0 radical (unpaired) electrons. The van der Waals surface area contributed by atoms with Crippen LogP contribution in [0.4, 0.5) is 5.82 Å². The van der Waals surface area contributed by atoms with E-state index in [1.54, 1.807) is 0 Å². The normalized spacial score (nSPS) is 10.9. The predicted molar refractivity (Wildman–Crippen MR) is 131 cm³/mol. The van der Waals surface area contributed by atoms with E-state index in [1.165, 1.54) is 22.3 Å². The zero-order valence-electron chi connectivity index (χ0n) is 18.2. The number of fused-ring (bicyclic) bond motifs is 1. The molecule has 0 unspecified atom stereocenters. The average Bonchev–Trinajstić information content (AvgIpc) is 2.82. The fourth-order valence-electron chi connectivity index (χ4n) is 3.99. The molecule has 0 amide bonds. The van der Waals surface area contributed by atoms with E-state index >= 15 is 0 Å². The number of nitrogens with one attached hydrogen (secondary N) is 1. The average molecular weight is 417 g/mol. The summed E-state index contributed by atoms with van der Waals surface area (Å²) in [6, 6.07) is 25.3. The second-order valence-corrected chi connectivity index (χ2v) is 8.02. The molecule has 0 aliphatic heterocycles. The van der Waals surface area contributed by atoms with Crippen LogP contribution in [0.25, 0.3) is 33.2 Å². The number of nitrogens with zero attached hydrogens (tertiary/aromatic N) is 3. The van der Waals surface area contributed by atoms with Crippen molar-refractivity contribution in [2.24, 2.45) is 0 Å². The van der Waals surface area contributed by atoms with Gasteiger partial charge in [-0.3, -0.25) is 9.97 Å². The van der Waals surface area contributed by atoms with Gasteiger partial charge in [0.15, 0.2) is 0 Å². The van der Waals surface area contributed by atoms with Crippen molar-refractivity contribution in [3.8, 4) is 22.4 Å². The molecule has 4 nitrogen and oxygen atoms in total. The second kappa shape index (κ2) is 8.60. The maximum absolute atomic E-state index is 4.70. The maximum atomic E-state index is 4.70. The summed E-state index contributed by atoms with van der Waals surface area (Å²) in [5.41, 5.74) is 7.85. The maximum Gasteiger partial charge on any atom is 0.136 e. The lowest BCUT2D eigenvalue weighted by atomic mass is 10.0. The first-order valence-electron chi connectivity index (χ1n) is 10.7. The lowest BCUT2D eigenvalue weighted by molar-refractivity contribution is 1.12. The molecule has 156 valence electrons. The van der Waals surface area contributed by atoms with Crippen molar-refractivity contribution in [2.45, 2.75) is 20.4 Å². The molecule has 0 spiro atoms. The van der Waals surface area contributed by atoms with Crippen LogP contribution in [0, 0.1) is 13.8 Å². The summed E-state index contributed by atoms with van der Waals surface area (Å²) in [5.74, 6) is 0.848. The highest BCUT2D eigenvalue weighted by Gasteiger charge is 2.11. The van der Waals surface area contributed by atoms with Gasteiger partial charge in [0.25, 0.3) is 0 Å². The van der Waals surface area contributed by atoms with Crippen molar-refractivity contribution >= 4 is 16.6 Å². The van der Waals surface area contributed by atoms with Crippen LogP contribution in [0.1, 0.15) is 16.8 Å². The Kier molecular flexibility index (Phi) is 5.34. The van der Waals surface area contributed by atoms with E-state index in [0.717, 1.165) is 33.5 Å². The van der Waals surface area contributed by atoms with E-state index in [4.69, 9.17) is 4.98 Å². The van der Waals surface area contributed by atoms with Gasteiger partial charge in [-0.25, -0.2) is 4.98 Å². The van der Waals surface area contributed by atoms with Crippen LogP contribution >= 0.6 is 0 Å². The van der Waals surface area contributed by atoms with Gasteiger partial charge in [0, 0.05) is 36.4 Å². The highest BCUT2D eigenvalue weighted by atomic mass is 15.0.